The predicted molar refractivity (Wildman–Crippen MR) is 93.6 cm³/mol. The normalized spacial score (nSPS) is 14.8. The standard InChI is InChI=1S/C16H18N4O6S/c17-16(22)12-9-11(27(23,24)20-6-1-2-7-20)3-4-13(12)25-10-15(21)18-14-5-8-26-19-14/h3-5,8-9H,1-2,6-7,10H2,(H2,17,22)(H,18,19,21). The summed E-state index contributed by atoms with van der Waals surface area (Å²) >= 11 is 0. The van der Waals surface area contributed by atoms with E-state index in [1.54, 1.807) is 0 Å². The monoisotopic (exact) mass is 394 g/mol. The minimum atomic E-state index is -3.71. The lowest BCUT2D eigenvalue weighted by molar-refractivity contribution is -0.118. The molecule has 0 saturated carbocycles. The number of sulfonamides is 1. The van der Waals surface area contributed by atoms with Gasteiger partial charge in [0, 0.05) is 19.2 Å². The van der Waals surface area contributed by atoms with Crippen LogP contribution in [-0.4, -0.2) is 49.4 Å². The molecule has 11 heteroatoms. The Balaban J connectivity index is 1.75. The van der Waals surface area contributed by atoms with Gasteiger partial charge in [0.15, 0.2) is 12.4 Å². The maximum Gasteiger partial charge on any atom is 0.263 e. The smallest absolute Gasteiger partial charge is 0.263 e. The number of ether oxygens (including phenoxy) is 1. The van der Waals surface area contributed by atoms with Crippen LogP contribution < -0.4 is 15.8 Å². The molecule has 1 aliphatic heterocycles. The third-order valence-electron chi connectivity index (χ3n) is 3.98. The van der Waals surface area contributed by atoms with E-state index < -0.39 is 28.4 Å². The number of anilines is 1. The maximum absolute atomic E-state index is 12.6. The van der Waals surface area contributed by atoms with E-state index >= 15 is 0 Å². The van der Waals surface area contributed by atoms with Crippen LogP contribution in [0.1, 0.15) is 23.2 Å². The Hall–Kier alpha value is -2.92. The van der Waals surface area contributed by atoms with Crippen LogP contribution in [0.3, 0.4) is 0 Å². The van der Waals surface area contributed by atoms with E-state index in [9.17, 15) is 18.0 Å². The maximum atomic E-state index is 12.6. The molecule has 3 rings (SSSR count). The Morgan fingerprint density at radius 2 is 2.00 bits per heavy atom. The van der Waals surface area contributed by atoms with Gasteiger partial charge in [0.25, 0.3) is 11.8 Å². The van der Waals surface area contributed by atoms with E-state index in [4.69, 9.17) is 10.5 Å². The molecule has 0 atom stereocenters. The first-order chi connectivity index (χ1) is 12.9. The van der Waals surface area contributed by atoms with E-state index in [0.29, 0.717) is 13.1 Å². The lowest BCUT2D eigenvalue weighted by atomic mass is 10.2. The molecule has 1 aromatic carbocycles. The molecular formula is C16H18N4O6S. The summed E-state index contributed by atoms with van der Waals surface area (Å²) in [6.45, 7) is 0.453. The van der Waals surface area contributed by atoms with Crippen molar-refractivity contribution in [1.29, 1.82) is 0 Å². The molecule has 0 radical (unpaired) electrons. The molecule has 2 aromatic rings. The number of aromatic nitrogens is 1. The fourth-order valence-corrected chi connectivity index (χ4v) is 4.21. The zero-order chi connectivity index (χ0) is 19.4. The SMILES string of the molecule is NC(=O)c1cc(S(=O)(=O)N2CCCC2)ccc1OCC(=O)Nc1ccon1. The average Bonchev–Trinajstić information content (AvgIpc) is 3.33. The molecule has 1 fully saturated rings. The van der Waals surface area contributed by atoms with Crippen LogP contribution in [0.15, 0.2) is 39.9 Å². The van der Waals surface area contributed by atoms with E-state index in [1.807, 2.05) is 0 Å². The number of amides is 2. The topological polar surface area (TPSA) is 145 Å². The number of nitrogens with two attached hydrogens (primary N) is 1. The Morgan fingerprint density at radius 3 is 2.63 bits per heavy atom. The van der Waals surface area contributed by atoms with Crippen LogP contribution in [0, 0.1) is 0 Å². The van der Waals surface area contributed by atoms with Crippen LogP contribution in [0.25, 0.3) is 0 Å². The molecule has 0 spiro atoms. The highest BCUT2D eigenvalue weighted by atomic mass is 32.2. The molecule has 2 amide bonds. The molecule has 1 aromatic heterocycles. The number of rotatable bonds is 7. The zero-order valence-electron chi connectivity index (χ0n) is 14.3. The van der Waals surface area contributed by atoms with Gasteiger partial charge in [-0.2, -0.15) is 4.31 Å². The van der Waals surface area contributed by atoms with Gasteiger partial charge in [-0.15, -0.1) is 0 Å². The fourth-order valence-electron chi connectivity index (χ4n) is 2.66. The van der Waals surface area contributed by atoms with E-state index in [0.717, 1.165) is 12.8 Å². The van der Waals surface area contributed by atoms with E-state index in [2.05, 4.69) is 15.0 Å². The van der Waals surface area contributed by atoms with Crippen molar-refractivity contribution >= 4 is 27.7 Å². The Morgan fingerprint density at radius 1 is 1.26 bits per heavy atom. The number of primary amides is 1. The molecule has 3 N–H and O–H groups in total. The Bertz CT molecular complexity index is 936. The molecule has 144 valence electrons. The molecule has 10 nitrogen and oxygen atoms in total. The predicted octanol–water partition coefficient (Wildman–Crippen LogP) is 0.575. The number of carbonyl (C=O) groups is 2. The van der Waals surface area contributed by atoms with Crippen LogP contribution in [-0.2, 0) is 14.8 Å². The molecule has 1 saturated heterocycles. The summed E-state index contributed by atoms with van der Waals surface area (Å²) < 4.78 is 36.5. The van der Waals surface area contributed by atoms with E-state index in [1.165, 1.54) is 34.8 Å². The van der Waals surface area contributed by atoms with E-state index in [-0.39, 0.29) is 22.0 Å². The van der Waals surface area contributed by atoms with Crippen molar-refractivity contribution in [2.75, 3.05) is 25.0 Å². The minimum Gasteiger partial charge on any atom is -0.483 e. The van der Waals surface area contributed by atoms with Gasteiger partial charge in [0.05, 0.1) is 10.5 Å². The van der Waals surface area contributed by atoms with Gasteiger partial charge in [-0.1, -0.05) is 5.16 Å². The molecule has 2 heterocycles. The first-order valence-corrected chi connectivity index (χ1v) is 9.59. The Kier molecular flexibility index (Phi) is 5.42. The van der Waals surface area contributed by atoms with Gasteiger partial charge in [0.2, 0.25) is 10.0 Å². The Labute approximate surface area is 155 Å². The summed E-state index contributed by atoms with van der Waals surface area (Å²) in [6, 6.07) is 5.25. The van der Waals surface area contributed by atoms with Gasteiger partial charge in [-0.25, -0.2) is 8.42 Å². The minimum absolute atomic E-state index is 0.0122. The van der Waals surface area contributed by atoms with Crippen LogP contribution >= 0.6 is 0 Å². The molecule has 1 aliphatic rings. The molecule has 0 bridgehead atoms. The highest BCUT2D eigenvalue weighted by molar-refractivity contribution is 7.89. The number of nitrogens with zero attached hydrogens (tertiary/aromatic N) is 2. The highest BCUT2D eigenvalue weighted by Crippen LogP contribution is 2.26. The number of carbonyl (C=O) groups excluding carboxylic acids is 2. The van der Waals surface area contributed by atoms with Crippen molar-refractivity contribution in [1.82, 2.24) is 9.46 Å². The second-order valence-corrected chi connectivity index (χ2v) is 7.79. The summed E-state index contributed by atoms with van der Waals surface area (Å²) in [6.07, 6.45) is 2.88. The third-order valence-corrected chi connectivity index (χ3v) is 5.88. The van der Waals surface area contributed by atoms with Crippen LogP contribution in [0.2, 0.25) is 0 Å². The number of nitrogens with one attached hydrogen (secondary N) is 1. The summed E-state index contributed by atoms with van der Waals surface area (Å²) in [5, 5.41) is 5.95. The fraction of sp³-hybridized carbons (Fsp3) is 0.312. The van der Waals surface area contributed by atoms with Crippen molar-refractivity contribution in [2.45, 2.75) is 17.7 Å². The first kappa shape index (κ1) is 18.9. The van der Waals surface area contributed by atoms with Gasteiger partial charge in [0.1, 0.15) is 12.0 Å². The molecular weight excluding hydrogens is 376 g/mol. The van der Waals surface area contributed by atoms with Gasteiger partial charge in [-0.05, 0) is 31.0 Å². The highest BCUT2D eigenvalue weighted by Gasteiger charge is 2.28. The molecule has 0 aliphatic carbocycles. The summed E-state index contributed by atoms with van der Waals surface area (Å²) in [5.41, 5.74) is 5.23. The second kappa shape index (κ2) is 7.76. The van der Waals surface area contributed by atoms with Crippen molar-refractivity contribution in [3.05, 3.63) is 36.1 Å². The largest absolute Gasteiger partial charge is 0.483 e. The second-order valence-electron chi connectivity index (χ2n) is 5.85. The number of hydrogen-bond acceptors (Lipinski definition) is 7. The number of benzene rings is 1. The summed E-state index contributed by atoms with van der Waals surface area (Å²) in [5.74, 6) is -1.17. The molecule has 27 heavy (non-hydrogen) atoms. The van der Waals surface area contributed by atoms with Crippen molar-refractivity contribution in [3.63, 3.8) is 0 Å². The summed E-state index contributed by atoms with van der Waals surface area (Å²) in [4.78, 5) is 23.5. The zero-order valence-corrected chi connectivity index (χ0v) is 15.1. The quantitative estimate of drug-likeness (QED) is 0.698. The summed E-state index contributed by atoms with van der Waals surface area (Å²) in [7, 11) is -3.71. The van der Waals surface area contributed by atoms with Crippen molar-refractivity contribution in [2.24, 2.45) is 5.73 Å². The lowest BCUT2D eigenvalue weighted by Gasteiger charge is -2.17. The first-order valence-electron chi connectivity index (χ1n) is 8.15. The van der Waals surface area contributed by atoms with Gasteiger partial charge < -0.3 is 20.3 Å². The van der Waals surface area contributed by atoms with Gasteiger partial charge in [-0.3, -0.25) is 9.59 Å². The van der Waals surface area contributed by atoms with Gasteiger partial charge >= 0.3 is 0 Å². The van der Waals surface area contributed by atoms with Crippen LogP contribution in [0.4, 0.5) is 5.82 Å². The van der Waals surface area contributed by atoms with Crippen molar-refractivity contribution in [3.8, 4) is 5.75 Å². The third kappa shape index (κ3) is 4.26. The van der Waals surface area contributed by atoms with Crippen LogP contribution in [0.5, 0.6) is 5.75 Å². The number of hydrogen-bond donors (Lipinski definition) is 2. The lowest BCUT2D eigenvalue weighted by Crippen LogP contribution is -2.28. The van der Waals surface area contributed by atoms with Crippen molar-refractivity contribution < 1.29 is 27.3 Å². The average molecular weight is 394 g/mol. The molecule has 0 unspecified atom stereocenters.